The van der Waals surface area contributed by atoms with Crippen LogP contribution in [0.25, 0.3) is 4.85 Å². The molecule has 0 saturated heterocycles. The first-order valence-corrected chi connectivity index (χ1v) is 9.34. The lowest BCUT2D eigenvalue weighted by Gasteiger charge is -2.33. The number of fused-ring (bicyclic) bond motifs is 1. The van der Waals surface area contributed by atoms with Crippen molar-refractivity contribution >= 4 is 22.6 Å². The van der Waals surface area contributed by atoms with Gasteiger partial charge in [0.25, 0.3) is 0 Å². The summed E-state index contributed by atoms with van der Waals surface area (Å²) in [5.74, 6) is 4.97. The van der Waals surface area contributed by atoms with Gasteiger partial charge in [-0.05, 0) is 31.4 Å². The van der Waals surface area contributed by atoms with Crippen LogP contribution < -0.4 is 5.73 Å². The predicted molar refractivity (Wildman–Crippen MR) is 104 cm³/mol. The normalized spacial score (nSPS) is 27.6. The van der Waals surface area contributed by atoms with Gasteiger partial charge in [-0.25, -0.2) is 14.2 Å². The lowest BCUT2D eigenvalue weighted by molar-refractivity contribution is 0.359. The number of nitrogens with zero attached hydrogens (tertiary/aromatic N) is 4. The highest BCUT2D eigenvalue weighted by Gasteiger charge is 2.66. The summed E-state index contributed by atoms with van der Waals surface area (Å²) < 4.78 is 27.6. The standard InChI is InChI=1S/C20H15F2N5S/c1-19(16-8-20(16,11-21)28-18(23)27-19)15-7-12(9-26-17(15)22)3-4-13-5-6-14(24-2)10-25-13/h5-7,9-10,16H,8,11H2,1H3,(H2,23,27)/t16-,19+,20+/m0/s1. The van der Waals surface area contributed by atoms with Crippen LogP contribution in [0.2, 0.25) is 0 Å². The highest BCUT2D eigenvalue weighted by molar-refractivity contribution is 8.15. The van der Waals surface area contributed by atoms with Gasteiger partial charge in [-0.1, -0.05) is 23.7 Å². The SMILES string of the molecule is [C-]#[N+]c1ccc(C#Cc2cnc(F)c([C@@]3(C)N=C(N)S[C@@]4(CF)C[C@H]43)c2)nc1. The third kappa shape index (κ3) is 3.00. The number of hydrogen-bond donors (Lipinski definition) is 1. The van der Waals surface area contributed by atoms with Crippen molar-refractivity contribution in [1.82, 2.24) is 9.97 Å². The molecule has 2 N–H and O–H groups in total. The third-order valence-corrected chi connectivity index (χ3v) is 6.44. The smallest absolute Gasteiger partial charge is 0.218 e. The molecule has 5 nitrogen and oxygen atoms in total. The van der Waals surface area contributed by atoms with E-state index in [1.165, 1.54) is 24.2 Å². The molecule has 28 heavy (non-hydrogen) atoms. The Hall–Kier alpha value is -2.97. The molecule has 1 saturated carbocycles. The Morgan fingerprint density at radius 1 is 1.36 bits per heavy atom. The molecular weight excluding hydrogens is 380 g/mol. The Balaban J connectivity index is 1.70. The fourth-order valence-electron chi connectivity index (χ4n) is 3.60. The zero-order valence-corrected chi connectivity index (χ0v) is 15.7. The summed E-state index contributed by atoms with van der Waals surface area (Å²) in [6.07, 6.45) is 3.36. The Kier molecular flexibility index (Phi) is 4.32. The van der Waals surface area contributed by atoms with Crippen molar-refractivity contribution < 1.29 is 8.78 Å². The summed E-state index contributed by atoms with van der Waals surface area (Å²) in [6, 6.07) is 4.86. The van der Waals surface area contributed by atoms with Crippen LogP contribution in [-0.4, -0.2) is 26.6 Å². The van der Waals surface area contributed by atoms with E-state index in [-0.39, 0.29) is 16.6 Å². The zero-order valence-electron chi connectivity index (χ0n) is 14.9. The minimum absolute atomic E-state index is 0.148. The molecule has 0 bridgehead atoms. The van der Waals surface area contributed by atoms with E-state index >= 15 is 0 Å². The Morgan fingerprint density at radius 3 is 2.86 bits per heavy atom. The van der Waals surface area contributed by atoms with E-state index in [4.69, 9.17) is 12.3 Å². The number of alkyl halides is 1. The summed E-state index contributed by atoms with van der Waals surface area (Å²) in [5, 5.41) is 0.258. The van der Waals surface area contributed by atoms with Crippen LogP contribution in [0.5, 0.6) is 0 Å². The van der Waals surface area contributed by atoms with Crippen LogP contribution in [0.3, 0.4) is 0 Å². The first kappa shape index (κ1) is 18.4. The quantitative estimate of drug-likeness (QED) is 0.480. The minimum Gasteiger partial charge on any atom is -0.378 e. The number of pyridine rings is 2. The number of aliphatic imine (C=N–C) groups is 1. The van der Waals surface area contributed by atoms with Crippen molar-refractivity contribution in [2.45, 2.75) is 23.6 Å². The van der Waals surface area contributed by atoms with E-state index in [0.717, 1.165) is 0 Å². The number of hydrogen-bond acceptors (Lipinski definition) is 5. The highest BCUT2D eigenvalue weighted by atomic mass is 32.2. The predicted octanol–water partition coefficient (Wildman–Crippen LogP) is 3.57. The van der Waals surface area contributed by atoms with Crippen LogP contribution >= 0.6 is 11.8 Å². The van der Waals surface area contributed by atoms with Gasteiger partial charge >= 0.3 is 0 Å². The van der Waals surface area contributed by atoms with Gasteiger partial charge in [0, 0.05) is 29.4 Å². The number of thioether (sulfide) groups is 1. The lowest BCUT2D eigenvalue weighted by Crippen LogP contribution is -2.37. The van der Waals surface area contributed by atoms with Crippen molar-refractivity contribution in [1.29, 1.82) is 0 Å². The van der Waals surface area contributed by atoms with Crippen molar-refractivity contribution in [3.05, 3.63) is 64.8 Å². The number of aromatic nitrogens is 2. The van der Waals surface area contributed by atoms with E-state index in [1.54, 1.807) is 25.1 Å². The first-order valence-electron chi connectivity index (χ1n) is 8.52. The van der Waals surface area contributed by atoms with Crippen LogP contribution in [0.15, 0.2) is 35.6 Å². The lowest BCUT2D eigenvalue weighted by atomic mass is 9.86. The molecule has 140 valence electrons. The van der Waals surface area contributed by atoms with Gasteiger partial charge in [-0.2, -0.15) is 4.39 Å². The molecule has 0 amide bonds. The fourth-order valence-corrected chi connectivity index (χ4v) is 4.93. The summed E-state index contributed by atoms with van der Waals surface area (Å²) in [7, 11) is 0. The Bertz CT molecular complexity index is 1080. The Morgan fingerprint density at radius 2 is 2.18 bits per heavy atom. The molecule has 2 aromatic rings. The summed E-state index contributed by atoms with van der Waals surface area (Å²) in [4.78, 5) is 15.7. The zero-order chi connectivity index (χ0) is 19.9. The average Bonchev–Trinajstić information content (AvgIpc) is 3.43. The molecule has 2 aromatic heterocycles. The fraction of sp³-hybridized carbons (Fsp3) is 0.300. The molecule has 3 atom stereocenters. The molecule has 2 aliphatic rings. The van der Waals surface area contributed by atoms with Gasteiger partial charge < -0.3 is 5.73 Å². The van der Waals surface area contributed by atoms with Crippen LogP contribution in [-0.2, 0) is 5.54 Å². The van der Waals surface area contributed by atoms with Gasteiger partial charge in [-0.3, -0.25) is 9.98 Å². The van der Waals surface area contributed by atoms with Crippen LogP contribution in [0.4, 0.5) is 14.5 Å². The highest BCUT2D eigenvalue weighted by Crippen LogP contribution is 2.65. The van der Waals surface area contributed by atoms with Crippen LogP contribution in [0.1, 0.15) is 30.2 Å². The number of rotatable bonds is 2. The van der Waals surface area contributed by atoms with Gasteiger partial charge in [0.15, 0.2) is 5.17 Å². The topological polar surface area (TPSA) is 68.5 Å². The third-order valence-electron chi connectivity index (χ3n) is 5.18. The van der Waals surface area contributed by atoms with Gasteiger partial charge in [0.05, 0.1) is 16.9 Å². The summed E-state index contributed by atoms with van der Waals surface area (Å²) >= 11 is 1.23. The number of amidine groups is 1. The van der Waals surface area contributed by atoms with Crippen molar-refractivity contribution in [2.75, 3.05) is 6.67 Å². The van der Waals surface area contributed by atoms with Crippen LogP contribution in [0, 0.1) is 30.3 Å². The van der Waals surface area contributed by atoms with Gasteiger partial charge in [0.2, 0.25) is 11.6 Å². The monoisotopic (exact) mass is 395 g/mol. The van der Waals surface area contributed by atoms with Gasteiger partial charge in [-0.15, -0.1) is 0 Å². The second-order valence-corrected chi connectivity index (χ2v) is 8.42. The second-order valence-electron chi connectivity index (χ2n) is 6.98. The first-order chi connectivity index (χ1) is 13.4. The molecule has 0 spiro atoms. The number of halogens is 2. The van der Waals surface area contributed by atoms with Crippen molar-refractivity contribution in [3.8, 4) is 11.8 Å². The number of nitrogens with two attached hydrogens (primary N) is 1. The van der Waals surface area contributed by atoms with E-state index in [2.05, 4.69) is 31.6 Å². The molecule has 0 aromatic carbocycles. The maximum absolute atomic E-state index is 14.6. The molecular formula is C20H15F2N5S. The maximum atomic E-state index is 14.6. The molecule has 8 heteroatoms. The Labute approximate surface area is 165 Å². The molecule has 3 heterocycles. The van der Waals surface area contributed by atoms with E-state index in [9.17, 15) is 8.78 Å². The molecule has 4 rings (SSSR count). The van der Waals surface area contributed by atoms with Gasteiger partial charge in [0.1, 0.15) is 12.4 Å². The van der Waals surface area contributed by atoms with Crippen molar-refractivity contribution in [3.63, 3.8) is 0 Å². The van der Waals surface area contributed by atoms with E-state index in [1.807, 2.05) is 0 Å². The minimum atomic E-state index is -0.980. The summed E-state index contributed by atoms with van der Waals surface area (Å²) in [6.45, 7) is 8.17. The average molecular weight is 395 g/mol. The molecule has 0 radical (unpaired) electrons. The summed E-state index contributed by atoms with van der Waals surface area (Å²) in [5.41, 5.74) is 6.61. The maximum Gasteiger partial charge on any atom is 0.218 e. The molecule has 1 aliphatic carbocycles. The van der Waals surface area contributed by atoms with Crippen molar-refractivity contribution in [2.24, 2.45) is 16.6 Å². The molecule has 0 unspecified atom stereocenters. The largest absolute Gasteiger partial charge is 0.378 e. The van der Waals surface area contributed by atoms with E-state index in [0.29, 0.717) is 23.4 Å². The molecule has 1 fully saturated rings. The molecule has 1 aliphatic heterocycles. The van der Waals surface area contributed by atoms with E-state index < -0.39 is 22.9 Å². The second kappa shape index (κ2) is 6.57.